The van der Waals surface area contributed by atoms with Crippen LogP contribution < -0.4 is 4.31 Å². The summed E-state index contributed by atoms with van der Waals surface area (Å²) in [7, 11) is -3.64. The standard InChI is InChI=1S/C28H28Cl2N2O4S/c1-4-13-36-28(33)22-14-19(2)15-25(16-22)32(37(3,34)35)26-17-31(18-26)27(20-5-9-23(29)10-6-20)21-7-11-24(30)12-8-21/h4-12,14-16,26-27H,1,13,17-18H2,2-3H3. The third-order valence-corrected chi connectivity index (χ3v) is 7.93. The SMILES string of the molecule is C=CCOC(=O)c1cc(C)cc(N(C2CN(C(c3ccc(Cl)cc3)c3ccc(Cl)cc3)C2)S(C)(=O)=O)c1. The highest BCUT2D eigenvalue weighted by atomic mass is 35.5. The molecule has 194 valence electrons. The Balaban J connectivity index is 1.64. The van der Waals surface area contributed by atoms with E-state index in [1.54, 1.807) is 18.2 Å². The van der Waals surface area contributed by atoms with Gasteiger partial charge in [-0.25, -0.2) is 13.2 Å². The molecule has 1 saturated heterocycles. The molecule has 3 aromatic carbocycles. The Morgan fingerprint density at radius 3 is 2.08 bits per heavy atom. The zero-order valence-corrected chi connectivity index (χ0v) is 22.9. The number of ether oxygens (including phenoxy) is 1. The van der Waals surface area contributed by atoms with Gasteiger partial charge < -0.3 is 4.74 Å². The quantitative estimate of drug-likeness (QED) is 0.242. The molecule has 0 bridgehead atoms. The van der Waals surface area contributed by atoms with Crippen molar-refractivity contribution in [1.82, 2.24) is 4.90 Å². The van der Waals surface area contributed by atoms with Gasteiger partial charge in [0.25, 0.3) is 0 Å². The third kappa shape index (κ3) is 6.36. The zero-order valence-electron chi connectivity index (χ0n) is 20.6. The molecule has 1 aliphatic rings. The molecule has 1 heterocycles. The zero-order chi connectivity index (χ0) is 26.7. The molecular weight excluding hydrogens is 531 g/mol. The Morgan fingerprint density at radius 2 is 1.59 bits per heavy atom. The van der Waals surface area contributed by atoms with Crippen molar-refractivity contribution in [2.75, 3.05) is 30.3 Å². The first kappa shape index (κ1) is 27.2. The predicted octanol–water partition coefficient (Wildman–Crippen LogP) is 5.88. The van der Waals surface area contributed by atoms with Crippen LogP contribution in [0.5, 0.6) is 0 Å². The molecule has 0 aromatic heterocycles. The lowest BCUT2D eigenvalue weighted by atomic mass is 9.93. The van der Waals surface area contributed by atoms with Crippen LogP contribution >= 0.6 is 23.2 Å². The number of nitrogens with zero attached hydrogens (tertiary/aromatic N) is 2. The van der Waals surface area contributed by atoms with E-state index in [1.807, 2.05) is 55.5 Å². The first-order valence-corrected chi connectivity index (χ1v) is 14.3. The number of anilines is 1. The Hall–Kier alpha value is -2.84. The van der Waals surface area contributed by atoms with Gasteiger partial charge >= 0.3 is 5.97 Å². The number of benzene rings is 3. The second-order valence-electron chi connectivity index (χ2n) is 9.12. The summed E-state index contributed by atoms with van der Waals surface area (Å²) in [4.78, 5) is 14.7. The second kappa shape index (κ2) is 11.3. The molecule has 0 saturated carbocycles. The average molecular weight is 560 g/mol. The van der Waals surface area contributed by atoms with E-state index in [4.69, 9.17) is 27.9 Å². The molecular formula is C28H28Cl2N2O4S. The van der Waals surface area contributed by atoms with Gasteiger partial charge in [0.05, 0.1) is 29.6 Å². The van der Waals surface area contributed by atoms with Crippen molar-refractivity contribution in [1.29, 1.82) is 0 Å². The Bertz CT molecular complexity index is 1340. The Labute approximate surface area is 228 Å². The van der Waals surface area contributed by atoms with Gasteiger partial charge in [-0.2, -0.15) is 0 Å². The van der Waals surface area contributed by atoms with E-state index in [0.29, 0.717) is 34.4 Å². The smallest absolute Gasteiger partial charge is 0.338 e. The molecule has 0 aliphatic carbocycles. The summed E-state index contributed by atoms with van der Waals surface area (Å²) in [6.45, 7) is 6.43. The van der Waals surface area contributed by atoms with Crippen LogP contribution in [0.1, 0.15) is 33.1 Å². The van der Waals surface area contributed by atoms with Crippen LogP contribution in [0.4, 0.5) is 5.69 Å². The van der Waals surface area contributed by atoms with Crippen LogP contribution in [0, 0.1) is 6.92 Å². The molecule has 3 aromatic rings. The molecule has 0 unspecified atom stereocenters. The summed E-state index contributed by atoms with van der Waals surface area (Å²) in [6, 6.07) is 19.9. The fraction of sp³-hybridized carbons (Fsp3) is 0.250. The summed E-state index contributed by atoms with van der Waals surface area (Å²) in [5, 5.41) is 1.29. The van der Waals surface area contributed by atoms with Gasteiger partial charge in [0.15, 0.2) is 0 Å². The van der Waals surface area contributed by atoms with Gasteiger partial charge in [0.2, 0.25) is 10.0 Å². The number of carbonyl (C=O) groups is 1. The molecule has 0 radical (unpaired) electrons. The largest absolute Gasteiger partial charge is 0.458 e. The van der Waals surface area contributed by atoms with Crippen molar-refractivity contribution in [3.05, 3.63) is 112 Å². The summed E-state index contributed by atoms with van der Waals surface area (Å²) < 4.78 is 32.5. The number of hydrogen-bond donors (Lipinski definition) is 0. The van der Waals surface area contributed by atoms with Crippen LogP contribution in [-0.4, -0.2) is 51.3 Å². The predicted molar refractivity (Wildman–Crippen MR) is 149 cm³/mol. The van der Waals surface area contributed by atoms with Gasteiger partial charge in [-0.15, -0.1) is 0 Å². The summed E-state index contributed by atoms with van der Waals surface area (Å²) >= 11 is 12.3. The minimum atomic E-state index is -3.64. The summed E-state index contributed by atoms with van der Waals surface area (Å²) in [5.74, 6) is -0.529. The maximum absolute atomic E-state index is 13.0. The number of sulfonamides is 1. The van der Waals surface area contributed by atoms with Crippen LogP contribution in [0.25, 0.3) is 0 Å². The third-order valence-electron chi connectivity index (χ3n) is 6.20. The number of hydrogen-bond acceptors (Lipinski definition) is 5. The van der Waals surface area contributed by atoms with E-state index in [1.165, 1.54) is 16.6 Å². The maximum Gasteiger partial charge on any atom is 0.338 e. The van der Waals surface area contributed by atoms with Gasteiger partial charge in [0, 0.05) is 23.1 Å². The normalized spacial score (nSPS) is 14.3. The fourth-order valence-electron chi connectivity index (χ4n) is 4.65. The average Bonchev–Trinajstić information content (AvgIpc) is 2.82. The molecule has 6 nitrogen and oxygen atoms in total. The van der Waals surface area contributed by atoms with Crippen molar-refractivity contribution in [2.45, 2.75) is 19.0 Å². The number of halogens is 2. The van der Waals surface area contributed by atoms with Crippen LogP contribution in [0.3, 0.4) is 0 Å². The van der Waals surface area contributed by atoms with E-state index in [0.717, 1.165) is 16.7 Å². The molecule has 0 N–H and O–H groups in total. The second-order valence-corrected chi connectivity index (χ2v) is 11.8. The van der Waals surface area contributed by atoms with Crippen LogP contribution in [0.2, 0.25) is 10.0 Å². The number of likely N-dealkylation sites (tertiary alicyclic amines) is 1. The molecule has 0 amide bonds. The van der Waals surface area contributed by atoms with Crippen molar-refractivity contribution in [3.63, 3.8) is 0 Å². The lowest BCUT2D eigenvalue weighted by Gasteiger charge is -2.48. The highest BCUT2D eigenvalue weighted by molar-refractivity contribution is 7.92. The Kier molecular flexibility index (Phi) is 8.29. The van der Waals surface area contributed by atoms with Gasteiger partial charge in [-0.3, -0.25) is 9.21 Å². The van der Waals surface area contributed by atoms with Gasteiger partial charge in [-0.05, 0) is 66.1 Å². The first-order chi connectivity index (χ1) is 17.6. The number of esters is 1. The summed E-state index contributed by atoms with van der Waals surface area (Å²) in [5.41, 5.74) is 3.57. The van der Waals surface area contributed by atoms with Crippen molar-refractivity contribution >= 4 is 44.9 Å². The lowest BCUT2D eigenvalue weighted by Crippen LogP contribution is -2.61. The number of aryl methyl sites for hydroxylation is 1. The van der Waals surface area contributed by atoms with Crippen molar-refractivity contribution in [2.24, 2.45) is 0 Å². The van der Waals surface area contributed by atoms with Crippen molar-refractivity contribution in [3.8, 4) is 0 Å². The minimum absolute atomic E-state index is 0.0757. The van der Waals surface area contributed by atoms with E-state index < -0.39 is 16.0 Å². The lowest BCUT2D eigenvalue weighted by molar-refractivity contribution is 0.0549. The molecule has 1 fully saturated rings. The maximum atomic E-state index is 13.0. The molecule has 37 heavy (non-hydrogen) atoms. The molecule has 9 heteroatoms. The first-order valence-electron chi connectivity index (χ1n) is 11.7. The minimum Gasteiger partial charge on any atom is -0.458 e. The highest BCUT2D eigenvalue weighted by Gasteiger charge is 2.41. The molecule has 0 spiro atoms. The van der Waals surface area contributed by atoms with Gasteiger partial charge in [0.1, 0.15) is 6.61 Å². The summed E-state index contributed by atoms with van der Waals surface area (Å²) in [6.07, 6.45) is 2.67. The van der Waals surface area contributed by atoms with E-state index in [-0.39, 0.29) is 18.7 Å². The van der Waals surface area contributed by atoms with Crippen LogP contribution in [0.15, 0.2) is 79.4 Å². The van der Waals surface area contributed by atoms with E-state index in [2.05, 4.69) is 11.5 Å². The van der Waals surface area contributed by atoms with Crippen molar-refractivity contribution < 1.29 is 17.9 Å². The number of carbonyl (C=O) groups excluding carboxylic acids is 1. The van der Waals surface area contributed by atoms with E-state index in [9.17, 15) is 13.2 Å². The topological polar surface area (TPSA) is 66.9 Å². The number of rotatable bonds is 9. The molecule has 4 rings (SSSR count). The monoisotopic (exact) mass is 558 g/mol. The molecule has 0 atom stereocenters. The van der Waals surface area contributed by atoms with E-state index >= 15 is 0 Å². The van der Waals surface area contributed by atoms with Crippen LogP contribution in [-0.2, 0) is 14.8 Å². The molecule has 1 aliphatic heterocycles. The van der Waals surface area contributed by atoms with Gasteiger partial charge in [-0.1, -0.05) is 60.1 Å². The fourth-order valence-corrected chi connectivity index (χ4v) is 6.07. The Morgan fingerprint density at radius 1 is 1.05 bits per heavy atom. The highest BCUT2D eigenvalue weighted by Crippen LogP contribution is 2.37.